The van der Waals surface area contributed by atoms with Crippen LogP contribution in [0.3, 0.4) is 0 Å². The van der Waals surface area contributed by atoms with Crippen molar-refractivity contribution < 1.29 is 9.59 Å². The summed E-state index contributed by atoms with van der Waals surface area (Å²) in [5.74, 6) is 0.904. The van der Waals surface area contributed by atoms with Gasteiger partial charge in [0.15, 0.2) is 0 Å². The van der Waals surface area contributed by atoms with Gasteiger partial charge in [-0.15, -0.1) is 12.4 Å². The molecule has 0 aliphatic carbocycles. The second-order valence-electron chi connectivity index (χ2n) is 6.49. The molecule has 2 aliphatic heterocycles. The van der Waals surface area contributed by atoms with Crippen molar-refractivity contribution >= 4 is 29.9 Å². The van der Waals surface area contributed by atoms with Crippen molar-refractivity contribution in [1.29, 1.82) is 0 Å². The lowest BCUT2D eigenvalue weighted by molar-refractivity contribution is -0.117. The molecule has 2 heterocycles. The highest BCUT2D eigenvalue weighted by molar-refractivity contribution is 5.99. The zero-order valence-corrected chi connectivity index (χ0v) is 15.0. The summed E-state index contributed by atoms with van der Waals surface area (Å²) < 4.78 is 0. The molecule has 0 unspecified atom stereocenters. The molecule has 0 spiro atoms. The molecular formula is C18H26ClN3O2. The van der Waals surface area contributed by atoms with E-state index in [4.69, 9.17) is 0 Å². The van der Waals surface area contributed by atoms with Gasteiger partial charge < -0.3 is 15.1 Å². The number of piperidine rings is 1. The van der Waals surface area contributed by atoms with Gasteiger partial charge in [0.05, 0.1) is 0 Å². The summed E-state index contributed by atoms with van der Waals surface area (Å²) in [6, 6.07) is 7.51. The minimum Gasteiger partial charge on any atom is -0.339 e. The SMILES string of the molecule is CNCC1CCN(C(=O)c2cccc(N3CCCC3=O)c2)CC1.Cl. The Morgan fingerprint density at radius 3 is 2.62 bits per heavy atom. The topological polar surface area (TPSA) is 52.7 Å². The van der Waals surface area contributed by atoms with Gasteiger partial charge in [-0.3, -0.25) is 9.59 Å². The molecule has 3 rings (SSSR count). The van der Waals surface area contributed by atoms with Gasteiger partial charge in [0, 0.05) is 37.3 Å². The van der Waals surface area contributed by atoms with Crippen molar-refractivity contribution in [2.75, 3.05) is 38.1 Å². The van der Waals surface area contributed by atoms with Gasteiger partial charge in [-0.25, -0.2) is 0 Å². The summed E-state index contributed by atoms with van der Waals surface area (Å²) in [6.07, 6.45) is 3.61. The quantitative estimate of drug-likeness (QED) is 0.905. The highest BCUT2D eigenvalue weighted by Gasteiger charge is 2.25. The minimum absolute atomic E-state index is 0. The lowest BCUT2D eigenvalue weighted by Gasteiger charge is -2.32. The standard InChI is InChI=1S/C18H25N3O2.ClH/c1-19-13-14-7-10-20(11-8-14)18(23)15-4-2-5-16(12-15)21-9-3-6-17(21)22;/h2,4-5,12,14,19H,3,6-11,13H2,1H3;1H. The van der Waals surface area contributed by atoms with Gasteiger partial charge >= 0.3 is 0 Å². The average Bonchev–Trinajstić information content (AvgIpc) is 3.01. The van der Waals surface area contributed by atoms with Crippen LogP contribution >= 0.6 is 12.4 Å². The Labute approximate surface area is 149 Å². The number of carbonyl (C=O) groups excluding carboxylic acids is 2. The maximum Gasteiger partial charge on any atom is 0.253 e. The molecule has 1 N–H and O–H groups in total. The Morgan fingerprint density at radius 1 is 1.25 bits per heavy atom. The number of rotatable bonds is 4. The van der Waals surface area contributed by atoms with Gasteiger partial charge in [0.2, 0.25) is 5.91 Å². The lowest BCUT2D eigenvalue weighted by Crippen LogP contribution is -2.40. The van der Waals surface area contributed by atoms with E-state index < -0.39 is 0 Å². The molecule has 1 aromatic carbocycles. The molecule has 0 saturated carbocycles. The molecule has 0 radical (unpaired) electrons. The number of nitrogens with one attached hydrogen (secondary N) is 1. The van der Waals surface area contributed by atoms with Crippen molar-refractivity contribution in [1.82, 2.24) is 10.2 Å². The maximum atomic E-state index is 12.7. The number of carbonyl (C=O) groups is 2. The summed E-state index contributed by atoms with van der Waals surface area (Å²) in [6.45, 7) is 3.41. The first kappa shape index (κ1) is 18.7. The van der Waals surface area contributed by atoms with E-state index in [2.05, 4.69) is 5.32 Å². The van der Waals surface area contributed by atoms with Crippen LogP contribution in [0.25, 0.3) is 0 Å². The Kier molecular flexibility index (Phi) is 6.63. The van der Waals surface area contributed by atoms with Crippen molar-refractivity contribution in [3.63, 3.8) is 0 Å². The van der Waals surface area contributed by atoms with Crippen LogP contribution in [0, 0.1) is 5.92 Å². The Balaban J connectivity index is 0.00000208. The number of anilines is 1. The number of amides is 2. The molecule has 132 valence electrons. The zero-order valence-electron chi connectivity index (χ0n) is 14.2. The van der Waals surface area contributed by atoms with E-state index in [0.29, 0.717) is 17.9 Å². The van der Waals surface area contributed by atoms with Crippen LogP contribution in [0.5, 0.6) is 0 Å². The van der Waals surface area contributed by atoms with Gasteiger partial charge in [-0.1, -0.05) is 6.07 Å². The van der Waals surface area contributed by atoms with E-state index in [1.165, 1.54) is 0 Å². The average molecular weight is 352 g/mol. The molecule has 6 heteroatoms. The normalized spacial score (nSPS) is 18.6. The van der Waals surface area contributed by atoms with Gasteiger partial charge in [0.25, 0.3) is 5.91 Å². The predicted molar refractivity (Wildman–Crippen MR) is 97.8 cm³/mol. The molecule has 5 nitrogen and oxygen atoms in total. The molecule has 2 aliphatic rings. The lowest BCUT2D eigenvalue weighted by atomic mass is 9.96. The van der Waals surface area contributed by atoms with Crippen molar-refractivity contribution in [3.05, 3.63) is 29.8 Å². The first-order valence-corrected chi connectivity index (χ1v) is 8.53. The van der Waals surface area contributed by atoms with E-state index in [9.17, 15) is 9.59 Å². The number of hydrogen-bond donors (Lipinski definition) is 1. The predicted octanol–water partition coefficient (Wildman–Crippen LogP) is 2.31. The molecule has 2 fully saturated rings. The summed E-state index contributed by atoms with van der Waals surface area (Å²) in [5, 5.41) is 3.22. The van der Waals surface area contributed by atoms with E-state index in [1.54, 1.807) is 4.90 Å². The molecule has 0 atom stereocenters. The van der Waals surface area contributed by atoms with Crippen molar-refractivity contribution in [2.24, 2.45) is 5.92 Å². The minimum atomic E-state index is 0. The van der Waals surface area contributed by atoms with Crippen molar-refractivity contribution in [2.45, 2.75) is 25.7 Å². The maximum absolute atomic E-state index is 12.7. The van der Waals surface area contributed by atoms with E-state index in [1.807, 2.05) is 36.2 Å². The number of benzene rings is 1. The highest BCUT2D eigenvalue weighted by Crippen LogP contribution is 2.24. The molecule has 2 saturated heterocycles. The van der Waals surface area contributed by atoms with Crippen LogP contribution in [0.1, 0.15) is 36.0 Å². The first-order valence-electron chi connectivity index (χ1n) is 8.53. The summed E-state index contributed by atoms with van der Waals surface area (Å²) in [4.78, 5) is 28.3. The second-order valence-corrected chi connectivity index (χ2v) is 6.49. The molecule has 0 aromatic heterocycles. The fourth-order valence-corrected chi connectivity index (χ4v) is 3.54. The van der Waals surface area contributed by atoms with Crippen LogP contribution in [-0.4, -0.2) is 49.9 Å². The van der Waals surface area contributed by atoms with Crippen LogP contribution in [-0.2, 0) is 4.79 Å². The van der Waals surface area contributed by atoms with Gasteiger partial charge in [0.1, 0.15) is 0 Å². The molecule has 24 heavy (non-hydrogen) atoms. The second kappa shape index (κ2) is 8.49. The number of halogens is 1. The van der Waals surface area contributed by atoms with E-state index in [-0.39, 0.29) is 24.2 Å². The van der Waals surface area contributed by atoms with Gasteiger partial charge in [-0.05, 0) is 57.0 Å². The first-order chi connectivity index (χ1) is 11.2. The Bertz CT molecular complexity index is 585. The monoisotopic (exact) mass is 351 g/mol. The molecule has 0 bridgehead atoms. The van der Waals surface area contributed by atoms with Crippen LogP contribution in [0.2, 0.25) is 0 Å². The largest absolute Gasteiger partial charge is 0.339 e. The van der Waals surface area contributed by atoms with Crippen molar-refractivity contribution in [3.8, 4) is 0 Å². The van der Waals surface area contributed by atoms with Crippen LogP contribution in [0.4, 0.5) is 5.69 Å². The Morgan fingerprint density at radius 2 is 2.00 bits per heavy atom. The third kappa shape index (κ3) is 4.08. The summed E-state index contributed by atoms with van der Waals surface area (Å²) in [7, 11) is 1.97. The summed E-state index contributed by atoms with van der Waals surface area (Å²) in [5.41, 5.74) is 1.54. The number of hydrogen-bond acceptors (Lipinski definition) is 3. The zero-order chi connectivity index (χ0) is 16.2. The number of likely N-dealkylation sites (tertiary alicyclic amines) is 1. The van der Waals surface area contributed by atoms with Crippen LogP contribution in [0.15, 0.2) is 24.3 Å². The van der Waals surface area contributed by atoms with Crippen LogP contribution < -0.4 is 10.2 Å². The molecular weight excluding hydrogens is 326 g/mol. The van der Waals surface area contributed by atoms with E-state index in [0.717, 1.165) is 51.1 Å². The Hall–Kier alpha value is -1.59. The molecule has 1 aromatic rings. The smallest absolute Gasteiger partial charge is 0.253 e. The fraction of sp³-hybridized carbons (Fsp3) is 0.556. The third-order valence-corrected chi connectivity index (χ3v) is 4.87. The molecule has 2 amide bonds. The highest BCUT2D eigenvalue weighted by atomic mass is 35.5. The van der Waals surface area contributed by atoms with Gasteiger partial charge in [-0.2, -0.15) is 0 Å². The summed E-state index contributed by atoms with van der Waals surface area (Å²) >= 11 is 0. The van der Waals surface area contributed by atoms with E-state index >= 15 is 0 Å². The third-order valence-electron chi connectivity index (χ3n) is 4.87. The number of nitrogens with zero attached hydrogens (tertiary/aromatic N) is 2. The fourth-order valence-electron chi connectivity index (χ4n) is 3.54.